The third-order valence-electron chi connectivity index (χ3n) is 4.39. The zero-order valence-corrected chi connectivity index (χ0v) is 12.8. The Hall–Kier alpha value is -1.13. The Balaban J connectivity index is 2.11. The summed E-state index contributed by atoms with van der Waals surface area (Å²) in [5.41, 5.74) is 2.23. The number of aliphatic hydroxyl groups excluding tert-OH is 1. The predicted molar refractivity (Wildman–Crippen MR) is 82.9 cm³/mol. The maximum atomic E-state index is 9.55. The fourth-order valence-corrected chi connectivity index (χ4v) is 3.09. The lowest BCUT2D eigenvalue weighted by Gasteiger charge is -2.27. The summed E-state index contributed by atoms with van der Waals surface area (Å²) in [6.45, 7) is 8.69. The topological polar surface area (TPSA) is 48.4 Å². The molecule has 112 valence electrons. The van der Waals surface area contributed by atoms with E-state index >= 15 is 0 Å². The molecule has 20 heavy (non-hydrogen) atoms. The zero-order chi connectivity index (χ0) is 14.5. The molecular weight excluding hydrogens is 250 g/mol. The number of aliphatic hydroxyl groups is 1. The van der Waals surface area contributed by atoms with Crippen LogP contribution in [0.3, 0.4) is 0 Å². The van der Waals surface area contributed by atoms with Crippen LogP contribution in [0.1, 0.15) is 45.3 Å². The fourth-order valence-electron chi connectivity index (χ4n) is 3.09. The smallest absolute Gasteiger partial charge is 0.0637 e. The maximum Gasteiger partial charge on any atom is 0.0637 e. The highest BCUT2D eigenvalue weighted by Gasteiger charge is 2.30. The number of pyridine rings is 1. The van der Waals surface area contributed by atoms with Crippen LogP contribution in [-0.2, 0) is 0 Å². The Morgan fingerprint density at radius 2 is 2.25 bits per heavy atom. The van der Waals surface area contributed by atoms with E-state index in [1.165, 1.54) is 0 Å². The lowest BCUT2D eigenvalue weighted by atomic mass is 10.0. The number of anilines is 1. The van der Waals surface area contributed by atoms with E-state index in [4.69, 9.17) is 0 Å². The van der Waals surface area contributed by atoms with E-state index in [0.717, 1.165) is 37.3 Å². The summed E-state index contributed by atoms with van der Waals surface area (Å²) >= 11 is 0. The Labute approximate surface area is 122 Å². The Kier molecular flexibility index (Phi) is 5.38. The highest BCUT2D eigenvalue weighted by molar-refractivity contribution is 5.47. The van der Waals surface area contributed by atoms with Crippen molar-refractivity contribution in [3.05, 3.63) is 24.0 Å². The van der Waals surface area contributed by atoms with E-state index in [9.17, 15) is 5.11 Å². The number of rotatable bonds is 6. The number of nitrogens with one attached hydrogen (secondary N) is 1. The third kappa shape index (κ3) is 3.13. The van der Waals surface area contributed by atoms with Gasteiger partial charge in [0.05, 0.1) is 30.2 Å². The van der Waals surface area contributed by atoms with Crippen molar-refractivity contribution in [2.75, 3.05) is 24.6 Å². The molecule has 4 nitrogen and oxygen atoms in total. The van der Waals surface area contributed by atoms with Crippen LogP contribution in [0, 0.1) is 5.92 Å². The molecule has 1 saturated heterocycles. The number of aromatic nitrogens is 1. The normalized spacial score (nSPS) is 24.1. The standard InChI is InChI=1S/C16H27N3O/c1-4-14(17-5-2)15-7-6-13(10-18-15)19-9-8-12(3)16(19)11-20/h6-7,10,12,14,16-17,20H,4-5,8-9,11H2,1-3H3. The van der Waals surface area contributed by atoms with E-state index in [1.807, 2.05) is 6.20 Å². The first-order chi connectivity index (χ1) is 9.71. The van der Waals surface area contributed by atoms with Crippen LogP contribution in [0.2, 0.25) is 0 Å². The van der Waals surface area contributed by atoms with E-state index in [0.29, 0.717) is 12.0 Å². The number of nitrogens with zero attached hydrogens (tertiary/aromatic N) is 2. The molecule has 1 aliphatic heterocycles. The molecule has 1 aromatic rings. The average molecular weight is 277 g/mol. The highest BCUT2D eigenvalue weighted by Crippen LogP contribution is 2.29. The van der Waals surface area contributed by atoms with Gasteiger partial charge < -0.3 is 15.3 Å². The molecule has 0 saturated carbocycles. The molecule has 1 aliphatic rings. The van der Waals surface area contributed by atoms with E-state index in [-0.39, 0.29) is 12.6 Å². The van der Waals surface area contributed by atoms with Crippen molar-refractivity contribution in [1.82, 2.24) is 10.3 Å². The van der Waals surface area contributed by atoms with Gasteiger partial charge in [0, 0.05) is 12.6 Å². The number of hydrogen-bond donors (Lipinski definition) is 2. The van der Waals surface area contributed by atoms with Crippen LogP contribution in [0.4, 0.5) is 5.69 Å². The largest absolute Gasteiger partial charge is 0.394 e. The van der Waals surface area contributed by atoms with Crippen LogP contribution in [0.5, 0.6) is 0 Å². The van der Waals surface area contributed by atoms with Gasteiger partial charge in [0.25, 0.3) is 0 Å². The predicted octanol–water partition coefficient (Wildman–Crippen LogP) is 2.35. The minimum absolute atomic E-state index is 0.220. The zero-order valence-electron chi connectivity index (χ0n) is 12.8. The van der Waals surface area contributed by atoms with Crippen molar-refractivity contribution in [3.63, 3.8) is 0 Å². The van der Waals surface area contributed by atoms with Crippen molar-refractivity contribution >= 4 is 5.69 Å². The lowest BCUT2D eigenvalue weighted by molar-refractivity contribution is 0.244. The SMILES string of the molecule is CCNC(CC)c1ccc(N2CCC(C)C2CO)cn1. The molecule has 2 rings (SSSR count). The highest BCUT2D eigenvalue weighted by atomic mass is 16.3. The molecule has 0 aliphatic carbocycles. The second-order valence-corrected chi connectivity index (χ2v) is 5.67. The molecular formula is C16H27N3O. The lowest BCUT2D eigenvalue weighted by Crippen LogP contribution is -2.35. The second kappa shape index (κ2) is 7.04. The molecule has 2 N–H and O–H groups in total. The minimum atomic E-state index is 0.220. The molecule has 0 aromatic carbocycles. The molecule has 3 atom stereocenters. The first kappa shape index (κ1) is 15.3. The third-order valence-corrected chi connectivity index (χ3v) is 4.39. The molecule has 0 bridgehead atoms. The van der Waals surface area contributed by atoms with Gasteiger partial charge in [-0.15, -0.1) is 0 Å². The Bertz CT molecular complexity index is 407. The quantitative estimate of drug-likeness (QED) is 0.838. The van der Waals surface area contributed by atoms with Crippen molar-refractivity contribution in [2.45, 2.75) is 45.7 Å². The second-order valence-electron chi connectivity index (χ2n) is 5.67. The Morgan fingerprint density at radius 3 is 2.80 bits per heavy atom. The van der Waals surface area contributed by atoms with Gasteiger partial charge in [-0.1, -0.05) is 20.8 Å². The monoisotopic (exact) mass is 277 g/mol. The van der Waals surface area contributed by atoms with Crippen LogP contribution in [0.25, 0.3) is 0 Å². The molecule has 4 heteroatoms. The van der Waals surface area contributed by atoms with Gasteiger partial charge in [0.1, 0.15) is 0 Å². The van der Waals surface area contributed by atoms with Crippen molar-refractivity contribution in [1.29, 1.82) is 0 Å². The van der Waals surface area contributed by atoms with Crippen molar-refractivity contribution in [2.24, 2.45) is 5.92 Å². The minimum Gasteiger partial charge on any atom is -0.394 e. The van der Waals surface area contributed by atoms with Gasteiger partial charge in [-0.25, -0.2) is 0 Å². The van der Waals surface area contributed by atoms with Gasteiger partial charge >= 0.3 is 0 Å². The molecule has 0 amide bonds. The van der Waals surface area contributed by atoms with Gasteiger partial charge in [-0.2, -0.15) is 0 Å². The van der Waals surface area contributed by atoms with E-state index in [1.54, 1.807) is 0 Å². The summed E-state index contributed by atoms with van der Waals surface area (Å²) in [5.74, 6) is 0.546. The van der Waals surface area contributed by atoms with Gasteiger partial charge in [0.2, 0.25) is 0 Å². The maximum absolute atomic E-state index is 9.55. The molecule has 1 aromatic heterocycles. The molecule has 0 spiro atoms. The van der Waals surface area contributed by atoms with Crippen LogP contribution in [-0.4, -0.2) is 35.8 Å². The fraction of sp³-hybridized carbons (Fsp3) is 0.688. The van der Waals surface area contributed by atoms with Gasteiger partial charge in [0.15, 0.2) is 0 Å². The van der Waals surface area contributed by atoms with Gasteiger partial charge in [-0.3, -0.25) is 4.98 Å². The van der Waals surface area contributed by atoms with Gasteiger partial charge in [-0.05, 0) is 37.4 Å². The summed E-state index contributed by atoms with van der Waals surface area (Å²) in [6, 6.07) is 4.82. The summed E-state index contributed by atoms with van der Waals surface area (Å²) < 4.78 is 0. The number of hydrogen-bond acceptors (Lipinski definition) is 4. The first-order valence-corrected chi connectivity index (χ1v) is 7.78. The summed E-state index contributed by atoms with van der Waals surface area (Å²) in [7, 11) is 0. The van der Waals surface area contributed by atoms with E-state index < -0.39 is 0 Å². The van der Waals surface area contributed by atoms with Crippen molar-refractivity contribution < 1.29 is 5.11 Å². The van der Waals surface area contributed by atoms with E-state index in [2.05, 4.69) is 48.1 Å². The summed E-state index contributed by atoms with van der Waals surface area (Å²) in [4.78, 5) is 6.91. The van der Waals surface area contributed by atoms with Crippen LogP contribution < -0.4 is 10.2 Å². The van der Waals surface area contributed by atoms with Crippen LogP contribution in [0.15, 0.2) is 18.3 Å². The van der Waals surface area contributed by atoms with Crippen LogP contribution >= 0.6 is 0 Å². The summed E-state index contributed by atoms with van der Waals surface area (Å²) in [6.07, 6.45) is 4.14. The average Bonchev–Trinajstić information content (AvgIpc) is 2.86. The molecule has 0 radical (unpaired) electrons. The molecule has 2 heterocycles. The first-order valence-electron chi connectivity index (χ1n) is 7.78. The molecule has 3 unspecified atom stereocenters. The summed E-state index contributed by atoms with van der Waals surface area (Å²) in [5, 5.41) is 13.0. The Morgan fingerprint density at radius 1 is 1.45 bits per heavy atom. The van der Waals surface area contributed by atoms with Crippen molar-refractivity contribution in [3.8, 4) is 0 Å². The molecule has 1 fully saturated rings.